The fraction of sp³-hybridized carbons (Fsp3) is 0.250. The molecule has 0 radical (unpaired) electrons. The number of rotatable bonds is 3. The molecule has 2 aromatic carbocycles. The van der Waals surface area contributed by atoms with Crippen molar-refractivity contribution >= 4 is 11.6 Å². The lowest BCUT2D eigenvalue weighted by Gasteiger charge is -2.21. The van der Waals surface area contributed by atoms with Crippen LogP contribution in [0.25, 0.3) is 0 Å². The second kappa shape index (κ2) is 5.54. The van der Waals surface area contributed by atoms with Crippen LogP contribution in [0, 0.1) is 0 Å². The van der Waals surface area contributed by atoms with Crippen LogP contribution in [-0.4, -0.2) is 5.60 Å². The Hall–Kier alpha value is -1.67. The van der Waals surface area contributed by atoms with Crippen molar-refractivity contribution in [2.45, 2.75) is 26.4 Å². The number of hydrogen-bond acceptors (Lipinski definition) is 2. The number of ether oxygens (including phenoxy) is 2. The molecule has 2 rings (SSSR count). The Morgan fingerprint density at radius 1 is 0.842 bits per heavy atom. The normalized spacial score (nSPS) is 11.2. The molecular weight excluding hydrogens is 260 g/mol. The van der Waals surface area contributed by atoms with Crippen molar-refractivity contribution in [3.05, 3.63) is 53.6 Å². The topological polar surface area (TPSA) is 18.5 Å². The summed E-state index contributed by atoms with van der Waals surface area (Å²) in [4.78, 5) is 0. The highest BCUT2D eigenvalue weighted by atomic mass is 35.5. The van der Waals surface area contributed by atoms with Gasteiger partial charge in [-0.3, -0.25) is 0 Å². The molecule has 0 fully saturated rings. The third-order valence-corrected chi connectivity index (χ3v) is 2.53. The van der Waals surface area contributed by atoms with Crippen molar-refractivity contribution < 1.29 is 9.47 Å². The molecule has 0 aliphatic rings. The van der Waals surface area contributed by atoms with E-state index in [4.69, 9.17) is 21.1 Å². The van der Waals surface area contributed by atoms with Crippen LogP contribution >= 0.6 is 11.6 Å². The zero-order valence-corrected chi connectivity index (χ0v) is 12.1. The molecule has 0 bridgehead atoms. The number of hydrogen-bond donors (Lipinski definition) is 0. The van der Waals surface area contributed by atoms with Gasteiger partial charge in [-0.25, -0.2) is 0 Å². The molecule has 0 atom stereocenters. The van der Waals surface area contributed by atoms with Gasteiger partial charge in [-0.15, -0.1) is 0 Å². The van der Waals surface area contributed by atoms with Crippen LogP contribution in [-0.2, 0) is 0 Å². The SMILES string of the molecule is CC(C)(C)Oc1cccc(Oc2ccc(Cl)cc2)c1. The molecule has 0 unspecified atom stereocenters. The average Bonchev–Trinajstić information content (AvgIpc) is 2.30. The van der Waals surface area contributed by atoms with Crippen molar-refractivity contribution in [2.24, 2.45) is 0 Å². The van der Waals surface area contributed by atoms with E-state index in [2.05, 4.69) is 0 Å². The van der Waals surface area contributed by atoms with E-state index < -0.39 is 0 Å². The zero-order chi connectivity index (χ0) is 13.9. The van der Waals surface area contributed by atoms with E-state index in [0.29, 0.717) is 5.02 Å². The summed E-state index contributed by atoms with van der Waals surface area (Å²) in [5.74, 6) is 2.28. The number of halogens is 1. The van der Waals surface area contributed by atoms with Crippen LogP contribution in [0.4, 0.5) is 0 Å². The summed E-state index contributed by atoms with van der Waals surface area (Å²) in [6.45, 7) is 6.04. The minimum absolute atomic E-state index is 0.223. The molecule has 0 heterocycles. The highest BCUT2D eigenvalue weighted by Crippen LogP contribution is 2.27. The van der Waals surface area contributed by atoms with E-state index in [9.17, 15) is 0 Å². The van der Waals surface area contributed by atoms with E-state index in [1.165, 1.54) is 0 Å². The van der Waals surface area contributed by atoms with E-state index >= 15 is 0 Å². The Morgan fingerprint density at radius 3 is 2.11 bits per heavy atom. The maximum absolute atomic E-state index is 5.84. The summed E-state index contributed by atoms with van der Waals surface area (Å²) in [5, 5.41) is 0.692. The van der Waals surface area contributed by atoms with Gasteiger partial charge in [-0.1, -0.05) is 17.7 Å². The Morgan fingerprint density at radius 2 is 1.47 bits per heavy atom. The highest BCUT2D eigenvalue weighted by Gasteiger charge is 2.12. The molecule has 100 valence electrons. The van der Waals surface area contributed by atoms with Gasteiger partial charge < -0.3 is 9.47 Å². The molecule has 19 heavy (non-hydrogen) atoms. The smallest absolute Gasteiger partial charge is 0.131 e. The van der Waals surface area contributed by atoms with E-state index in [1.54, 1.807) is 12.1 Å². The van der Waals surface area contributed by atoms with Gasteiger partial charge in [-0.05, 0) is 57.2 Å². The van der Waals surface area contributed by atoms with Crippen LogP contribution in [0.5, 0.6) is 17.2 Å². The molecule has 0 saturated heterocycles. The van der Waals surface area contributed by atoms with Gasteiger partial charge in [0.1, 0.15) is 22.8 Å². The summed E-state index contributed by atoms with van der Waals surface area (Å²) in [5.41, 5.74) is -0.223. The molecule has 3 heteroatoms. The van der Waals surface area contributed by atoms with Gasteiger partial charge in [-0.2, -0.15) is 0 Å². The van der Waals surface area contributed by atoms with Crippen LogP contribution < -0.4 is 9.47 Å². The zero-order valence-electron chi connectivity index (χ0n) is 11.3. The first-order valence-electron chi connectivity index (χ1n) is 6.15. The maximum atomic E-state index is 5.84. The predicted molar refractivity (Wildman–Crippen MR) is 78.3 cm³/mol. The molecule has 0 saturated carbocycles. The fourth-order valence-corrected chi connectivity index (χ4v) is 1.72. The Labute approximate surface area is 118 Å². The lowest BCUT2D eigenvalue weighted by Crippen LogP contribution is -2.22. The molecule has 2 aromatic rings. The Bertz CT molecular complexity index is 541. The van der Waals surface area contributed by atoms with Gasteiger partial charge in [0.25, 0.3) is 0 Å². The average molecular weight is 277 g/mol. The second-order valence-corrected chi connectivity index (χ2v) is 5.68. The van der Waals surface area contributed by atoms with Gasteiger partial charge in [0, 0.05) is 11.1 Å². The lowest BCUT2D eigenvalue weighted by atomic mass is 10.2. The van der Waals surface area contributed by atoms with Gasteiger partial charge >= 0.3 is 0 Å². The summed E-state index contributed by atoms with van der Waals surface area (Å²) < 4.78 is 11.5. The lowest BCUT2D eigenvalue weighted by molar-refractivity contribution is 0.130. The molecule has 0 aliphatic carbocycles. The highest BCUT2D eigenvalue weighted by molar-refractivity contribution is 6.30. The van der Waals surface area contributed by atoms with Crippen LogP contribution in [0.2, 0.25) is 5.02 Å². The van der Waals surface area contributed by atoms with Crippen molar-refractivity contribution in [3.8, 4) is 17.2 Å². The van der Waals surface area contributed by atoms with E-state index in [1.807, 2.05) is 57.2 Å². The summed E-state index contributed by atoms with van der Waals surface area (Å²) in [6, 6.07) is 14.9. The summed E-state index contributed by atoms with van der Waals surface area (Å²) in [6.07, 6.45) is 0. The first kappa shape index (κ1) is 13.8. The van der Waals surface area contributed by atoms with Gasteiger partial charge in [0.15, 0.2) is 0 Å². The minimum Gasteiger partial charge on any atom is -0.488 e. The third kappa shape index (κ3) is 4.49. The van der Waals surface area contributed by atoms with E-state index in [0.717, 1.165) is 17.2 Å². The molecular formula is C16H17ClO2. The third-order valence-electron chi connectivity index (χ3n) is 2.28. The van der Waals surface area contributed by atoms with Gasteiger partial charge in [0.2, 0.25) is 0 Å². The first-order chi connectivity index (χ1) is 8.92. The van der Waals surface area contributed by atoms with Crippen molar-refractivity contribution in [2.75, 3.05) is 0 Å². The maximum Gasteiger partial charge on any atom is 0.131 e. The Kier molecular flexibility index (Phi) is 4.01. The van der Waals surface area contributed by atoms with Crippen molar-refractivity contribution in [1.82, 2.24) is 0 Å². The largest absolute Gasteiger partial charge is 0.488 e. The van der Waals surface area contributed by atoms with Crippen molar-refractivity contribution in [1.29, 1.82) is 0 Å². The van der Waals surface area contributed by atoms with Crippen LogP contribution in [0.1, 0.15) is 20.8 Å². The van der Waals surface area contributed by atoms with Crippen molar-refractivity contribution in [3.63, 3.8) is 0 Å². The summed E-state index contributed by atoms with van der Waals surface area (Å²) in [7, 11) is 0. The van der Waals surface area contributed by atoms with Crippen LogP contribution in [0.3, 0.4) is 0 Å². The molecule has 0 aliphatic heterocycles. The van der Waals surface area contributed by atoms with Crippen LogP contribution in [0.15, 0.2) is 48.5 Å². The molecule has 0 aromatic heterocycles. The van der Waals surface area contributed by atoms with E-state index in [-0.39, 0.29) is 5.60 Å². The Balaban J connectivity index is 2.13. The monoisotopic (exact) mass is 276 g/mol. The van der Waals surface area contributed by atoms with Gasteiger partial charge in [0.05, 0.1) is 0 Å². The molecule has 0 spiro atoms. The fourth-order valence-electron chi connectivity index (χ4n) is 1.59. The minimum atomic E-state index is -0.223. The standard InChI is InChI=1S/C16H17ClO2/c1-16(2,3)19-15-6-4-5-14(11-15)18-13-9-7-12(17)8-10-13/h4-11H,1-3H3. The molecule has 0 amide bonds. The predicted octanol–water partition coefficient (Wildman–Crippen LogP) is 5.31. The number of benzene rings is 2. The summed E-state index contributed by atoms with van der Waals surface area (Å²) >= 11 is 5.84. The molecule has 0 N–H and O–H groups in total. The molecule has 2 nitrogen and oxygen atoms in total. The first-order valence-corrected chi connectivity index (χ1v) is 6.53. The quantitative estimate of drug-likeness (QED) is 0.756. The second-order valence-electron chi connectivity index (χ2n) is 5.25.